The third-order valence-electron chi connectivity index (χ3n) is 5.50. The average molecular weight is 484 g/mol. The Morgan fingerprint density at radius 1 is 1.21 bits per heavy atom. The normalized spacial score (nSPS) is 15.8. The van der Waals surface area contributed by atoms with Gasteiger partial charge in [0.25, 0.3) is 0 Å². The molecule has 33 heavy (non-hydrogen) atoms. The smallest absolute Gasteiger partial charge is 0.352 e. The fourth-order valence-electron chi connectivity index (χ4n) is 3.75. The van der Waals surface area contributed by atoms with Crippen molar-refractivity contribution in [2.45, 2.75) is 81.5 Å². The number of aromatic nitrogens is 3. The van der Waals surface area contributed by atoms with Gasteiger partial charge in [-0.05, 0) is 44.9 Å². The van der Waals surface area contributed by atoms with Crippen LogP contribution in [0, 0.1) is 0 Å². The van der Waals surface area contributed by atoms with Crippen LogP contribution in [0.4, 0.5) is 18.9 Å². The Balaban J connectivity index is 1.60. The van der Waals surface area contributed by atoms with E-state index in [1.54, 1.807) is 11.5 Å². The number of carbonyl (C=O) groups is 2. The summed E-state index contributed by atoms with van der Waals surface area (Å²) < 4.78 is 40.4. The van der Waals surface area contributed by atoms with Crippen molar-refractivity contribution in [3.8, 4) is 0 Å². The van der Waals surface area contributed by atoms with Crippen LogP contribution in [-0.2, 0) is 28.7 Å². The molecule has 1 atom stereocenters. The van der Waals surface area contributed by atoms with E-state index in [9.17, 15) is 22.8 Å². The second-order valence-electron chi connectivity index (χ2n) is 8.05. The van der Waals surface area contributed by atoms with Gasteiger partial charge in [0, 0.05) is 18.3 Å². The largest absolute Gasteiger partial charge is 0.416 e. The summed E-state index contributed by atoms with van der Waals surface area (Å²) in [5.41, 5.74) is -0.781. The highest BCUT2D eigenvalue weighted by Crippen LogP contribution is 2.30. The van der Waals surface area contributed by atoms with E-state index >= 15 is 0 Å². The highest BCUT2D eigenvalue weighted by Gasteiger charge is 2.30. The Labute approximate surface area is 194 Å². The highest BCUT2D eigenvalue weighted by atomic mass is 32.2. The number of nitrogens with one attached hydrogen (secondary N) is 2. The molecule has 2 N–H and O–H groups in total. The van der Waals surface area contributed by atoms with Crippen LogP contribution in [0.3, 0.4) is 0 Å². The van der Waals surface area contributed by atoms with Crippen LogP contribution >= 0.6 is 11.8 Å². The van der Waals surface area contributed by atoms with E-state index in [1.165, 1.54) is 30.3 Å². The Bertz CT molecular complexity index is 973. The molecule has 0 aliphatic heterocycles. The maximum Gasteiger partial charge on any atom is 0.416 e. The van der Waals surface area contributed by atoms with Gasteiger partial charge in [0.1, 0.15) is 5.82 Å². The van der Waals surface area contributed by atoms with Gasteiger partial charge in [-0.25, -0.2) is 0 Å². The fourth-order valence-corrected chi connectivity index (χ4v) is 4.69. The average Bonchev–Trinajstić information content (AvgIpc) is 3.14. The summed E-state index contributed by atoms with van der Waals surface area (Å²) in [5, 5.41) is 13.9. The molecule has 3 rings (SSSR count). The lowest BCUT2D eigenvalue weighted by Gasteiger charge is -2.24. The number of anilines is 1. The van der Waals surface area contributed by atoms with Gasteiger partial charge in [0.05, 0.1) is 17.2 Å². The minimum atomic E-state index is -4.49. The van der Waals surface area contributed by atoms with E-state index in [2.05, 4.69) is 20.8 Å². The molecule has 0 radical (unpaired) electrons. The van der Waals surface area contributed by atoms with E-state index in [-0.39, 0.29) is 29.3 Å². The number of benzene rings is 1. The van der Waals surface area contributed by atoms with Crippen LogP contribution in [0.1, 0.15) is 57.3 Å². The molecule has 1 aromatic heterocycles. The summed E-state index contributed by atoms with van der Waals surface area (Å²) in [6.07, 6.45) is 0.819. The molecule has 0 spiro atoms. The lowest BCUT2D eigenvalue weighted by Crippen LogP contribution is -2.40. The molecule has 0 unspecified atom stereocenters. The van der Waals surface area contributed by atoms with Gasteiger partial charge in [-0.15, -0.1) is 10.2 Å². The molecule has 11 heteroatoms. The van der Waals surface area contributed by atoms with E-state index in [0.29, 0.717) is 17.5 Å². The van der Waals surface area contributed by atoms with Crippen LogP contribution in [0.25, 0.3) is 0 Å². The first kappa shape index (κ1) is 25.1. The van der Waals surface area contributed by atoms with Crippen molar-refractivity contribution in [2.24, 2.45) is 0 Å². The molecule has 2 amide bonds. The zero-order valence-corrected chi connectivity index (χ0v) is 19.4. The number of nitrogens with zero attached hydrogens (tertiary/aromatic N) is 3. The molecular weight excluding hydrogens is 455 g/mol. The van der Waals surface area contributed by atoms with Crippen LogP contribution in [0.5, 0.6) is 0 Å². The zero-order chi connectivity index (χ0) is 24.0. The first-order chi connectivity index (χ1) is 15.7. The van der Waals surface area contributed by atoms with Crippen molar-refractivity contribution in [1.29, 1.82) is 0 Å². The fraction of sp³-hybridized carbons (Fsp3) is 0.545. The lowest BCUT2D eigenvalue weighted by atomic mass is 9.95. The number of hydrogen-bond acceptors (Lipinski definition) is 5. The molecule has 7 nitrogen and oxygen atoms in total. The van der Waals surface area contributed by atoms with Crippen LogP contribution in [0.15, 0.2) is 29.4 Å². The van der Waals surface area contributed by atoms with Crippen LogP contribution in [-0.4, -0.2) is 37.9 Å². The van der Waals surface area contributed by atoms with Crippen molar-refractivity contribution < 1.29 is 22.8 Å². The SMILES string of the molecule is CCn1c(CC(=O)Nc2cccc(C(F)(F)F)c2)nnc1S[C@@H](C)C(=O)NC1CCCCC1. The van der Waals surface area contributed by atoms with Gasteiger partial charge >= 0.3 is 6.18 Å². The van der Waals surface area contributed by atoms with Crippen molar-refractivity contribution in [2.75, 3.05) is 5.32 Å². The molecular formula is C22H28F3N5O2S. The number of rotatable bonds is 8. The first-order valence-corrected chi connectivity index (χ1v) is 11.9. The van der Waals surface area contributed by atoms with E-state index < -0.39 is 17.6 Å². The standard InChI is InChI=1S/C22H28F3N5O2S/c1-3-30-18(13-19(31)26-17-11-7-8-15(12-17)22(23,24)25)28-29-21(30)33-14(2)20(32)27-16-9-5-4-6-10-16/h7-8,11-12,14,16H,3-6,9-10,13H2,1-2H3,(H,26,31)(H,27,32)/t14-/m0/s1. The molecule has 0 saturated heterocycles. The molecule has 0 bridgehead atoms. The van der Waals surface area contributed by atoms with Gasteiger partial charge in [-0.3, -0.25) is 9.59 Å². The van der Waals surface area contributed by atoms with E-state index in [1.807, 2.05) is 6.92 Å². The highest BCUT2D eigenvalue weighted by molar-refractivity contribution is 8.00. The summed E-state index contributed by atoms with van der Waals surface area (Å²) in [7, 11) is 0. The zero-order valence-electron chi connectivity index (χ0n) is 18.6. The first-order valence-electron chi connectivity index (χ1n) is 11.0. The number of halogens is 3. The quantitative estimate of drug-likeness (QED) is 0.543. The minimum absolute atomic E-state index is 0.0543. The molecule has 2 aromatic rings. The van der Waals surface area contributed by atoms with Crippen LogP contribution in [0.2, 0.25) is 0 Å². The summed E-state index contributed by atoms with van der Waals surface area (Å²) in [6, 6.07) is 4.68. The summed E-state index contributed by atoms with van der Waals surface area (Å²) in [6.45, 7) is 4.16. The molecule has 1 aliphatic carbocycles. The second kappa shape index (κ2) is 11.0. The number of thioether (sulfide) groups is 1. The van der Waals surface area contributed by atoms with E-state index in [4.69, 9.17) is 0 Å². The van der Waals surface area contributed by atoms with Gasteiger partial charge in [0.2, 0.25) is 11.8 Å². The predicted molar refractivity (Wildman–Crippen MR) is 120 cm³/mol. The van der Waals surface area contributed by atoms with E-state index in [0.717, 1.165) is 37.8 Å². The van der Waals surface area contributed by atoms with Gasteiger partial charge in [-0.1, -0.05) is 37.1 Å². The molecule has 1 heterocycles. The number of alkyl halides is 3. The topological polar surface area (TPSA) is 88.9 Å². The maximum atomic E-state index is 12.9. The number of amides is 2. The van der Waals surface area contributed by atoms with Gasteiger partial charge in [0.15, 0.2) is 5.16 Å². The monoisotopic (exact) mass is 483 g/mol. The molecule has 1 aliphatic rings. The van der Waals surface area contributed by atoms with Crippen molar-refractivity contribution in [3.63, 3.8) is 0 Å². The van der Waals surface area contributed by atoms with Gasteiger partial charge in [-0.2, -0.15) is 13.2 Å². The maximum absolute atomic E-state index is 12.9. The number of carbonyl (C=O) groups excluding carboxylic acids is 2. The third-order valence-corrected chi connectivity index (χ3v) is 6.59. The molecule has 1 saturated carbocycles. The molecule has 1 fully saturated rings. The Kier molecular flexibility index (Phi) is 8.39. The van der Waals surface area contributed by atoms with Crippen LogP contribution < -0.4 is 10.6 Å². The second-order valence-corrected chi connectivity index (χ2v) is 9.36. The number of hydrogen-bond donors (Lipinski definition) is 2. The molecule has 1 aromatic carbocycles. The predicted octanol–water partition coefficient (Wildman–Crippen LogP) is 4.43. The van der Waals surface area contributed by atoms with Crippen molar-refractivity contribution in [1.82, 2.24) is 20.1 Å². The lowest BCUT2D eigenvalue weighted by molar-refractivity contribution is -0.137. The Morgan fingerprint density at radius 2 is 1.94 bits per heavy atom. The summed E-state index contributed by atoms with van der Waals surface area (Å²) in [4.78, 5) is 25.0. The minimum Gasteiger partial charge on any atom is -0.352 e. The molecule has 180 valence electrons. The van der Waals surface area contributed by atoms with Crippen molar-refractivity contribution in [3.05, 3.63) is 35.7 Å². The third kappa shape index (κ3) is 6.96. The van der Waals surface area contributed by atoms with Gasteiger partial charge < -0.3 is 15.2 Å². The summed E-state index contributed by atoms with van der Waals surface area (Å²) >= 11 is 1.27. The Morgan fingerprint density at radius 3 is 2.61 bits per heavy atom. The van der Waals surface area contributed by atoms with Crippen molar-refractivity contribution >= 4 is 29.3 Å². The summed E-state index contributed by atoms with van der Waals surface area (Å²) in [5.74, 6) is -0.179. The Hall–Kier alpha value is -2.56.